The van der Waals surface area contributed by atoms with Crippen LogP contribution >= 0.6 is 0 Å². The van der Waals surface area contributed by atoms with Crippen LogP contribution in [0.1, 0.15) is 94.4 Å². The summed E-state index contributed by atoms with van der Waals surface area (Å²) in [6.07, 6.45) is 5.14. The third-order valence-electron chi connectivity index (χ3n) is 10.9. The molecule has 228 valence electrons. The number of carbonyl (C=O) groups is 1. The summed E-state index contributed by atoms with van der Waals surface area (Å²) in [7, 11) is -1.56. The predicted molar refractivity (Wildman–Crippen MR) is 168 cm³/mol. The predicted octanol–water partition coefficient (Wildman–Crippen LogP) is 7.83. The van der Waals surface area contributed by atoms with Gasteiger partial charge in [0, 0.05) is 11.7 Å². The summed E-state index contributed by atoms with van der Waals surface area (Å²) in [5, 5.41) is 0.0674. The lowest BCUT2D eigenvalue weighted by Crippen LogP contribution is -2.66. The molecule has 0 aromatic rings. The van der Waals surface area contributed by atoms with Gasteiger partial charge in [-0.15, -0.1) is 6.32 Å². The van der Waals surface area contributed by atoms with E-state index in [0.717, 1.165) is 31.5 Å². The Morgan fingerprint density at radius 2 is 1.64 bits per heavy atom. The number of hydrogen-bond donors (Lipinski definition) is 0. The molecule has 0 amide bonds. The first kappa shape index (κ1) is 33.3. The lowest BCUT2D eigenvalue weighted by atomic mass is 9.43. The molecule has 4 rings (SSSR count). The van der Waals surface area contributed by atoms with Crippen LogP contribution < -0.4 is 0 Å². The number of ether oxygens (including phenoxy) is 1. The number of esters is 1. The van der Waals surface area contributed by atoms with Crippen molar-refractivity contribution in [3.8, 4) is 0 Å². The maximum Gasteiger partial charge on any atom is 0.311 e. The van der Waals surface area contributed by atoms with Crippen LogP contribution in [0.2, 0.25) is 44.1 Å². The minimum Gasteiger partial charge on any atom is -0.551 e. The topological polar surface area (TPSA) is 57.2 Å². The molecule has 1 unspecified atom stereocenters. The SMILES string of the molecule is CN([B-]1(CCC[C@@H](CC(=O)OC(C)(C)C)O[Si](C)(C)C(C)(C)C)O[C@@H]2C[C@@H]3C[C@@H](C3(C)C)[C@]2(C)O1)[Si](C)(C)C. The van der Waals surface area contributed by atoms with E-state index in [4.69, 9.17) is 18.5 Å². The van der Waals surface area contributed by atoms with Crippen LogP contribution in [-0.2, 0) is 23.3 Å². The molecule has 0 spiro atoms. The van der Waals surface area contributed by atoms with Gasteiger partial charge in [0.25, 0.3) is 0 Å². The molecule has 6 atom stereocenters. The summed E-state index contributed by atoms with van der Waals surface area (Å²) in [5.41, 5.74) is -0.425. The minimum absolute atomic E-state index is 0.0674. The van der Waals surface area contributed by atoms with Gasteiger partial charge in [-0.25, -0.2) is 0 Å². The average molecular weight is 583 g/mol. The van der Waals surface area contributed by atoms with Gasteiger partial charge in [0.2, 0.25) is 0 Å². The third-order valence-corrected chi connectivity index (χ3v) is 18.0. The second-order valence-electron chi connectivity index (χ2n) is 17.3. The molecule has 0 aromatic heterocycles. The van der Waals surface area contributed by atoms with Crippen LogP contribution in [0.3, 0.4) is 0 Å². The van der Waals surface area contributed by atoms with Crippen LogP contribution in [0.25, 0.3) is 0 Å². The molecule has 1 heterocycles. The highest BCUT2D eigenvalue weighted by atomic mass is 28.4. The van der Waals surface area contributed by atoms with Crippen LogP contribution in [-0.4, -0.2) is 64.1 Å². The molecule has 4 fully saturated rings. The summed E-state index contributed by atoms with van der Waals surface area (Å²) < 4.78 is 29.4. The standard InChI is InChI=1S/C30H61BNO5Si2/c1-27(2,3)34-26(33)21-23(36-39(14,15)28(4,5)6)17-16-18-31(32(10)38(11,12)13)35-25-20-22-19-24(29(22,7)8)30(25,9)37-31/h22-25H,16-21H2,1-15H3/q-1/t22-,23-,24-,25+,30-,31?/m0/s1. The summed E-state index contributed by atoms with van der Waals surface area (Å²) in [5.74, 6) is 1.08. The van der Waals surface area contributed by atoms with Gasteiger partial charge in [0.05, 0.1) is 20.8 Å². The zero-order valence-electron chi connectivity index (χ0n) is 28.1. The summed E-state index contributed by atoms with van der Waals surface area (Å²) in [6.45, 7) is 29.8. The van der Waals surface area contributed by atoms with Crippen molar-refractivity contribution in [2.45, 2.75) is 162 Å². The third kappa shape index (κ3) is 6.74. The highest BCUT2D eigenvalue weighted by molar-refractivity contribution is 6.86. The summed E-state index contributed by atoms with van der Waals surface area (Å²) in [6, 6.07) is 0. The van der Waals surface area contributed by atoms with Gasteiger partial charge in [-0.3, -0.25) is 4.79 Å². The Kier molecular flexibility index (Phi) is 8.98. The van der Waals surface area contributed by atoms with E-state index in [0.29, 0.717) is 11.3 Å². The molecular weight excluding hydrogens is 521 g/mol. The fraction of sp³-hybridized carbons (Fsp3) is 0.967. The van der Waals surface area contributed by atoms with Crippen molar-refractivity contribution in [1.29, 1.82) is 0 Å². The van der Waals surface area contributed by atoms with Crippen molar-refractivity contribution < 1.29 is 23.3 Å². The van der Waals surface area contributed by atoms with Gasteiger partial charge in [0.15, 0.2) is 8.32 Å². The van der Waals surface area contributed by atoms with Crippen molar-refractivity contribution in [3.05, 3.63) is 0 Å². The lowest BCUT2D eigenvalue weighted by Gasteiger charge is -2.66. The molecule has 0 radical (unpaired) electrons. The van der Waals surface area contributed by atoms with Crippen molar-refractivity contribution >= 4 is 29.2 Å². The maximum absolute atomic E-state index is 12.9. The van der Waals surface area contributed by atoms with Gasteiger partial charge in [-0.2, -0.15) is 0 Å². The molecule has 0 aromatic carbocycles. The van der Waals surface area contributed by atoms with E-state index in [1.165, 1.54) is 6.42 Å². The zero-order valence-corrected chi connectivity index (χ0v) is 30.1. The van der Waals surface area contributed by atoms with Gasteiger partial charge in [-0.05, 0) is 82.3 Å². The first-order valence-electron chi connectivity index (χ1n) is 15.5. The zero-order chi connectivity index (χ0) is 30.0. The molecule has 4 aliphatic rings. The van der Waals surface area contributed by atoms with E-state index in [1.807, 2.05) is 20.8 Å². The molecule has 3 saturated carbocycles. The number of nitrogens with zero attached hydrogens (tertiary/aromatic N) is 1. The fourth-order valence-electron chi connectivity index (χ4n) is 7.19. The molecule has 3 aliphatic carbocycles. The first-order valence-corrected chi connectivity index (χ1v) is 21.9. The smallest absolute Gasteiger partial charge is 0.311 e. The van der Waals surface area contributed by atoms with Crippen molar-refractivity contribution in [1.82, 2.24) is 4.48 Å². The number of rotatable bonds is 10. The lowest BCUT2D eigenvalue weighted by molar-refractivity contribution is -0.199. The average Bonchev–Trinajstić information content (AvgIpc) is 3.02. The Hall–Kier alpha value is -0.191. The Bertz CT molecular complexity index is 908. The Morgan fingerprint density at radius 1 is 1.05 bits per heavy atom. The van der Waals surface area contributed by atoms with E-state index >= 15 is 0 Å². The number of hydrogen-bond acceptors (Lipinski definition) is 6. The largest absolute Gasteiger partial charge is 0.551 e. The van der Waals surface area contributed by atoms with Crippen LogP contribution in [0.5, 0.6) is 0 Å². The minimum atomic E-state index is -2.07. The second-order valence-corrected chi connectivity index (χ2v) is 27.1. The molecule has 0 N–H and O–H groups in total. The van der Waals surface area contributed by atoms with Crippen LogP contribution in [0.15, 0.2) is 0 Å². The first-order chi connectivity index (χ1) is 17.3. The van der Waals surface area contributed by atoms with Gasteiger partial charge >= 0.3 is 12.7 Å². The molecule has 1 aliphatic heterocycles. The Labute approximate surface area is 242 Å². The Balaban J connectivity index is 1.81. The van der Waals surface area contributed by atoms with E-state index < -0.39 is 28.8 Å². The molecule has 9 heteroatoms. The molecule has 1 saturated heterocycles. The van der Waals surface area contributed by atoms with Crippen molar-refractivity contribution in [3.63, 3.8) is 0 Å². The summed E-state index contributed by atoms with van der Waals surface area (Å²) in [4.78, 5) is 12.9. The maximum atomic E-state index is 12.9. The van der Waals surface area contributed by atoms with Crippen LogP contribution in [0, 0.1) is 17.3 Å². The normalized spacial score (nSPS) is 33.5. The molecular formula is C30H61BNO5Si2-. The second kappa shape index (κ2) is 10.5. The highest BCUT2D eigenvalue weighted by Gasteiger charge is 2.67. The Morgan fingerprint density at radius 3 is 2.13 bits per heavy atom. The fourth-order valence-corrected chi connectivity index (χ4v) is 10.00. The van der Waals surface area contributed by atoms with E-state index in [1.54, 1.807) is 0 Å². The van der Waals surface area contributed by atoms with Crippen LogP contribution in [0.4, 0.5) is 0 Å². The van der Waals surface area contributed by atoms with Gasteiger partial charge in [0.1, 0.15) is 5.60 Å². The van der Waals surface area contributed by atoms with E-state index in [2.05, 4.69) is 85.8 Å². The molecule has 39 heavy (non-hydrogen) atoms. The molecule has 2 bridgehead atoms. The van der Waals surface area contributed by atoms with E-state index in [9.17, 15) is 4.79 Å². The highest BCUT2D eigenvalue weighted by Crippen LogP contribution is 2.67. The van der Waals surface area contributed by atoms with Crippen molar-refractivity contribution in [2.75, 3.05) is 7.05 Å². The van der Waals surface area contributed by atoms with Gasteiger partial charge in [-0.1, -0.05) is 67.7 Å². The van der Waals surface area contributed by atoms with E-state index in [-0.39, 0.29) is 35.2 Å². The van der Waals surface area contributed by atoms with Crippen molar-refractivity contribution in [2.24, 2.45) is 17.3 Å². The monoisotopic (exact) mass is 582 g/mol. The summed E-state index contributed by atoms with van der Waals surface area (Å²) >= 11 is 0. The molecule has 6 nitrogen and oxygen atoms in total. The van der Waals surface area contributed by atoms with Gasteiger partial charge < -0.3 is 22.9 Å². The quantitative estimate of drug-likeness (QED) is 0.193. The number of carbonyl (C=O) groups excluding carboxylic acids is 1.